The molecule has 0 spiro atoms. The summed E-state index contributed by atoms with van der Waals surface area (Å²) in [5, 5.41) is 0. The van der Waals surface area contributed by atoms with Crippen LogP contribution in [0.4, 0.5) is 10.1 Å². The molecule has 0 aromatic heterocycles. The fourth-order valence-corrected chi connectivity index (χ4v) is 3.43. The Labute approximate surface area is 157 Å². The summed E-state index contributed by atoms with van der Waals surface area (Å²) in [5.41, 5.74) is 1.15. The highest BCUT2D eigenvalue weighted by molar-refractivity contribution is 5.96. The molecule has 6 heteroatoms. The van der Waals surface area contributed by atoms with Crippen molar-refractivity contribution in [1.82, 2.24) is 4.90 Å². The summed E-state index contributed by atoms with van der Waals surface area (Å²) in [5.74, 6) is -0.160. The van der Waals surface area contributed by atoms with Gasteiger partial charge in [0, 0.05) is 25.1 Å². The average Bonchev–Trinajstić information content (AvgIpc) is 3.51. The fourth-order valence-electron chi connectivity index (χ4n) is 3.43. The minimum absolute atomic E-state index is 0.101. The van der Waals surface area contributed by atoms with Crippen LogP contribution < -0.4 is 9.64 Å². The second-order valence-corrected chi connectivity index (χ2v) is 6.99. The molecule has 2 aliphatic rings. The first kappa shape index (κ1) is 17.5. The Morgan fingerprint density at radius 3 is 2.56 bits per heavy atom. The van der Waals surface area contributed by atoms with Crippen molar-refractivity contribution in [1.29, 1.82) is 0 Å². The lowest BCUT2D eigenvalue weighted by Gasteiger charge is -2.36. The standard InChI is InChI=1S/C21H21FN2O3/c1-14(25)23-13-20(27-19-9-5-4-8-18(19)23)21(26)24(16-10-11-16)12-15-6-2-3-7-17(15)22/h2-9,16,20H,10-13H2,1H3. The Kier molecular flexibility index (Phi) is 4.56. The number of anilines is 1. The molecule has 1 heterocycles. The van der Waals surface area contributed by atoms with Crippen LogP contribution in [0.1, 0.15) is 25.3 Å². The molecule has 1 unspecified atom stereocenters. The van der Waals surface area contributed by atoms with Crippen LogP contribution >= 0.6 is 0 Å². The van der Waals surface area contributed by atoms with Gasteiger partial charge in [0.1, 0.15) is 11.6 Å². The third-order valence-corrected chi connectivity index (χ3v) is 5.00. The fraction of sp³-hybridized carbons (Fsp3) is 0.333. The second-order valence-electron chi connectivity index (χ2n) is 6.99. The van der Waals surface area contributed by atoms with Crippen molar-refractivity contribution in [3.63, 3.8) is 0 Å². The molecule has 0 radical (unpaired) electrons. The van der Waals surface area contributed by atoms with Crippen LogP contribution in [-0.2, 0) is 16.1 Å². The van der Waals surface area contributed by atoms with Gasteiger partial charge in [-0.1, -0.05) is 30.3 Å². The van der Waals surface area contributed by atoms with Gasteiger partial charge < -0.3 is 14.5 Å². The molecule has 140 valence electrons. The molecular weight excluding hydrogens is 347 g/mol. The van der Waals surface area contributed by atoms with Crippen molar-refractivity contribution in [2.75, 3.05) is 11.4 Å². The first-order valence-corrected chi connectivity index (χ1v) is 9.12. The Bertz CT molecular complexity index is 881. The predicted molar refractivity (Wildman–Crippen MR) is 98.9 cm³/mol. The number of para-hydroxylation sites is 2. The van der Waals surface area contributed by atoms with E-state index in [4.69, 9.17) is 4.74 Å². The monoisotopic (exact) mass is 368 g/mol. The molecule has 1 saturated carbocycles. The van der Waals surface area contributed by atoms with Gasteiger partial charge in [-0.3, -0.25) is 9.59 Å². The van der Waals surface area contributed by atoms with Gasteiger partial charge in [-0.15, -0.1) is 0 Å². The lowest BCUT2D eigenvalue weighted by atomic mass is 10.1. The van der Waals surface area contributed by atoms with Crippen molar-refractivity contribution < 1.29 is 18.7 Å². The number of carbonyl (C=O) groups excluding carboxylic acids is 2. The zero-order valence-corrected chi connectivity index (χ0v) is 15.1. The van der Waals surface area contributed by atoms with Crippen molar-refractivity contribution in [3.05, 3.63) is 59.9 Å². The van der Waals surface area contributed by atoms with E-state index in [0.29, 0.717) is 17.0 Å². The largest absolute Gasteiger partial charge is 0.476 e. The van der Waals surface area contributed by atoms with Gasteiger partial charge in [-0.25, -0.2) is 4.39 Å². The van der Waals surface area contributed by atoms with Crippen LogP contribution in [0.5, 0.6) is 5.75 Å². The van der Waals surface area contributed by atoms with E-state index in [-0.39, 0.29) is 36.8 Å². The molecule has 27 heavy (non-hydrogen) atoms. The summed E-state index contributed by atoms with van der Waals surface area (Å²) in [4.78, 5) is 28.5. The molecule has 0 saturated heterocycles. The van der Waals surface area contributed by atoms with E-state index in [1.807, 2.05) is 12.1 Å². The summed E-state index contributed by atoms with van der Waals surface area (Å²) < 4.78 is 20.0. The molecule has 0 bridgehead atoms. The van der Waals surface area contributed by atoms with Crippen molar-refractivity contribution in [2.24, 2.45) is 0 Å². The smallest absolute Gasteiger partial charge is 0.266 e. The SMILES string of the molecule is CC(=O)N1CC(C(=O)N(Cc2ccccc2F)C2CC2)Oc2ccccc21. The maximum absolute atomic E-state index is 14.1. The van der Waals surface area contributed by atoms with Crippen LogP contribution in [-0.4, -0.2) is 35.4 Å². The Hall–Kier alpha value is -2.89. The molecule has 4 rings (SSSR count). The van der Waals surface area contributed by atoms with Gasteiger partial charge in [0.15, 0.2) is 6.10 Å². The molecule has 2 aromatic carbocycles. The molecule has 2 aromatic rings. The maximum Gasteiger partial charge on any atom is 0.266 e. The summed E-state index contributed by atoms with van der Waals surface area (Å²) in [6.07, 6.45) is 1.01. The highest BCUT2D eigenvalue weighted by Gasteiger charge is 2.40. The third kappa shape index (κ3) is 3.52. The Morgan fingerprint density at radius 1 is 1.15 bits per heavy atom. The van der Waals surface area contributed by atoms with E-state index in [9.17, 15) is 14.0 Å². The molecule has 1 atom stereocenters. The van der Waals surface area contributed by atoms with E-state index in [0.717, 1.165) is 12.8 Å². The van der Waals surface area contributed by atoms with Gasteiger partial charge in [-0.2, -0.15) is 0 Å². The van der Waals surface area contributed by atoms with Gasteiger partial charge in [0.2, 0.25) is 5.91 Å². The lowest BCUT2D eigenvalue weighted by molar-refractivity contribution is -0.140. The minimum atomic E-state index is -0.795. The summed E-state index contributed by atoms with van der Waals surface area (Å²) in [6.45, 7) is 1.84. The number of carbonyl (C=O) groups is 2. The van der Waals surface area contributed by atoms with Gasteiger partial charge in [0.25, 0.3) is 5.91 Å². The Morgan fingerprint density at radius 2 is 1.85 bits per heavy atom. The minimum Gasteiger partial charge on any atom is -0.476 e. The Balaban J connectivity index is 1.59. The van der Waals surface area contributed by atoms with Gasteiger partial charge in [-0.05, 0) is 31.0 Å². The number of hydrogen-bond donors (Lipinski definition) is 0. The summed E-state index contributed by atoms with van der Waals surface area (Å²) in [6, 6.07) is 13.8. The van der Waals surface area contributed by atoms with Crippen molar-refractivity contribution in [3.8, 4) is 5.75 Å². The van der Waals surface area contributed by atoms with E-state index < -0.39 is 6.10 Å². The normalized spacial score (nSPS) is 18.4. The molecular formula is C21H21FN2O3. The molecule has 1 aliphatic carbocycles. The number of ether oxygens (including phenoxy) is 1. The quantitative estimate of drug-likeness (QED) is 0.833. The van der Waals surface area contributed by atoms with Crippen LogP contribution in [0.15, 0.2) is 48.5 Å². The number of nitrogens with zero attached hydrogens (tertiary/aromatic N) is 2. The van der Waals surface area contributed by atoms with Crippen LogP contribution in [0.2, 0.25) is 0 Å². The molecule has 0 N–H and O–H groups in total. The second kappa shape index (κ2) is 7.02. The summed E-state index contributed by atoms with van der Waals surface area (Å²) in [7, 11) is 0. The number of amides is 2. The zero-order chi connectivity index (χ0) is 19.0. The highest BCUT2D eigenvalue weighted by Crippen LogP contribution is 2.35. The molecule has 1 aliphatic heterocycles. The van der Waals surface area contributed by atoms with Crippen LogP contribution in [0.25, 0.3) is 0 Å². The van der Waals surface area contributed by atoms with Crippen molar-refractivity contribution >= 4 is 17.5 Å². The number of benzene rings is 2. The topological polar surface area (TPSA) is 49.9 Å². The highest BCUT2D eigenvalue weighted by atomic mass is 19.1. The number of rotatable bonds is 4. The number of halogens is 1. The van der Waals surface area contributed by atoms with Crippen molar-refractivity contribution in [2.45, 2.75) is 38.5 Å². The van der Waals surface area contributed by atoms with Gasteiger partial charge >= 0.3 is 0 Å². The maximum atomic E-state index is 14.1. The van der Waals surface area contributed by atoms with E-state index in [1.54, 1.807) is 40.1 Å². The number of hydrogen-bond acceptors (Lipinski definition) is 3. The first-order chi connectivity index (χ1) is 13.0. The van der Waals surface area contributed by atoms with Crippen LogP contribution in [0, 0.1) is 5.82 Å². The van der Waals surface area contributed by atoms with E-state index >= 15 is 0 Å². The lowest BCUT2D eigenvalue weighted by Crippen LogP contribution is -2.52. The van der Waals surface area contributed by atoms with E-state index in [2.05, 4.69) is 0 Å². The average molecular weight is 368 g/mol. The first-order valence-electron chi connectivity index (χ1n) is 9.12. The summed E-state index contributed by atoms with van der Waals surface area (Å²) >= 11 is 0. The van der Waals surface area contributed by atoms with E-state index in [1.165, 1.54) is 13.0 Å². The molecule has 1 fully saturated rings. The van der Waals surface area contributed by atoms with Gasteiger partial charge in [0.05, 0.1) is 12.2 Å². The third-order valence-electron chi connectivity index (χ3n) is 5.00. The predicted octanol–water partition coefficient (Wildman–Crippen LogP) is 3.13. The molecule has 5 nitrogen and oxygen atoms in total. The molecule has 2 amide bonds. The van der Waals surface area contributed by atoms with Crippen LogP contribution in [0.3, 0.4) is 0 Å². The number of fused-ring (bicyclic) bond motifs is 1. The zero-order valence-electron chi connectivity index (χ0n) is 15.1.